The second-order valence-electron chi connectivity index (χ2n) is 4.66. The molecule has 2 rings (SSSR count). The summed E-state index contributed by atoms with van der Waals surface area (Å²) >= 11 is 0. The first-order valence-electron chi connectivity index (χ1n) is 7.19. The standard InChI is InChI=1S/C18H17FN2O3/c1-23-17-10-3-2-6-14(17)7-5-11-20-21-18(22)13-24-16-9-4-8-15(19)12-16/h2-12H,13H2,1H3,(H,21,22)/b7-5+,20-11-. The van der Waals surface area contributed by atoms with Crippen molar-refractivity contribution >= 4 is 18.2 Å². The van der Waals surface area contributed by atoms with Gasteiger partial charge in [0.25, 0.3) is 5.91 Å². The number of halogens is 1. The van der Waals surface area contributed by atoms with Gasteiger partial charge < -0.3 is 9.47 Å². The topological polar surface area (TPSA) is 59.9 Å². The minimum absolute atomic E-state index is 0.253. The highest BCUT2D eigenvalue weighted by Crippen LogP contribution is 2.18. The Morgan fingerprint density at radius 3 is 2.88 bits per heavy atom. The van der Waals surface area contributed by atoms with Gasteiger partial charge in [0.1, 0.15) is 17.3 Å². The monoisotopic (exact) mass is 328 g/mol. The van der Waals surface area contributed by atoms with Crippen LogP contribution in [0.25, 0.3) is 6.08 Å². The van der Waals surface area contributed by atoms with E-state index in [0.717, 1.165) is 11.3 Å². The van der Waals surface area contributed by atoms with Gasteiger partial charge in [0.15, 0.2) is 6.61 Å². The highest BCUT2D eigenvalue weighted by atomic mass is 19.1. The number of allylic oxidation sites excluding steroid dienone is 1. The lowest BCUT2D eigenvalue weighted by Gasteiger charge is -2.04. The van der Waals surface area contributed by atoms with Crippen molar-refractivity contribution in [3.63, 3.8) is 0 Å². The number of benzene rings is 2. The van der Waals surface area contributed by atoms with Gasteiger partial charge in [-0.2, -0.15) is 5.10 Å². The van der Waals surface area contributed by atoms with Crippen molar-refractivity contribution in [1.29, 1.82) is 0 Å². The molecular formula is C18H17FN2O3. The number of para-hydroxylation sites is 1. The largest absolute Gasteiger partial charge is 0.496 e. The SMILES string of the molecule is COc1ccccc1/C=C/C=N\NC(=O)COc1cccc(F)c1. The molecule has 2 aromatic rings. The highest BCUT2D eigenvalue weighted by molar-refractivity contribution is 5.82. The van der Waals surface area contributed by atoms with Gasteiger partial charge in [-0.3, -0.25) is 4.79 Å². The molecular weight excluding hydrogens is 311 g/mol. The quantitative estimate of drug-likeness (QED) is 0.628. The van der Waals surface area contributed by atoms with Crippen LogP contribution in [0.1, 0.15) is 5.56 Å². The molecule has 0 bridgehead atoms. The average Bonchev–Trinajstić information content (AvgIpc) is 2.60. The Kier molecular flexibility index (Phi) is 6.52. The zero-order chi connectivity index (χ0) is 17.2. The number of rotatable bonds is 7. The van der Waals surface area contributed by atoms with Crippen LogP contribution in [0.15, 0.2) is 59.7 Å². The maximum absolute atomic E-state index is 13.0. The molecule has 0 unspecified atom stereocenters. The molecule has 0 fully saturated rings. The summed E-state index contributed by atoms with van der Waals surface area (Å²) in [7, 11) is 1.60. The fraction of sp³-hybridized carbons (Fsp3) is 0.111. The molecule has 0 saturated carbocycles. The van der Waals surface area contributed by atoms with Crippen LogP contribution in [0, 0.1) is 5.82 Å². The molecule has 6 heteroatoms. The van der Waals surface area contributed by atoms with E-state index in [1.165, 1.54) is 24.4 Å². The van der Waals surface area contributed by atoms with Gasteiger partial charge in [0.2, 0.25) is 0 Å². The predicted octanol–water partition coefficient (Wildman–Crippen LogP) is 3.03. The molecule has 0 aliphatic carbocycles. The molecule has 0 aliphatic heterocycles. The van der Waals surface area contributed by atoms with E-state index < -0.39 is 11.7 Å². The molecule has 1 N–H and O–H groups in total. The third-order valence-corrected chi connectivity index (χ3v) is 2.93. The lowest BCUT2D eigenvalue weighted by molar-refractivity contribution is -0.123. The second kappa shape index (κ2) is 9.09. The first-order valence-corrected chi connectivity index (χ1v) is 7.19. The fourth-order valence-electron chi connectivity index (χ4n) is 1.84. The summed E-state index contributed by atoms with van der Waals surface area (Å²) < 4.78 is 23.3. The van der Waals surface area contributed by atoms with Crippen LogP contribution in [0.3, 0.4) is 0 Å². The van der Waals surface area contributed by atoms with Gasteiger partial charge in [-0.25, -0.2) is 9.82 Å². The van der Waals surface area contributed by atoms with Crippen LogP contribution in [-0.4, -0.2) is 25.8 Å². The summed E-state index contributed by atoms with van der Waals surface area (Å²) in [4.78, 5) is 11.5. The van der Waals surface area contributed by atoms with E-state index in [2.05, 4.69) is 10.5 Å². The van der Waals surface area contributed by atoms with Gasteiger partial charge in [-0.1, -0.05) is 24.3 Å². The van der Waals surface area contributed by atoms with Crippen LogP contribution < -0.4 is 14.9 Å². The summed E-state index contributed by atoms with van der Waals surface area (Å²) in [6.07, 6.45) is 4.91. The van der Waals surface area contributed by atoms with Gasteiger partial charge in [-0.05, 0) is 30.4 Å². The summed E-state index contributed by atoms with van der Waals surface area (Å²) in [6, 6.07) is 13.1. The van der Waals surface area contributed by atoms with Crippen LogP contribution in [0.2, 0.25) is 0 Å². The lowest BCUT2D eigenvalue weighted by atomic mass is 10.2. The van der Waals surface area contributed by atoms with Crippen molar-refractivity contribution in [3.8, 4) is 11.5 Å². The van der Waals surface area contributed by atoms with E-state index in [1.54, 1.807) is 25.3 Å². The van der Waals surface area contributed by atoms with Gasteiger partial charge in [0.05, 0.1) is 7.11 Å². The molecule has 0 aromatic heterocycles. The number of nitrogens with one attached hydrogen (secondary N) is 1. The number of methoxy groups -OCH3 is 1. The van der Waals surface area contributed by atoms with E-state index in [9.17, 15) is 9.18 Å². The van der Waals surface area contributed by atoms with Crippen LogP contribution >= 0.6 is 0 Å². The van der Waals surface area contributed by atoms with E-state index >= 15 is 0 Å². The second-order valence-corrected chi connectivity index (χ2v) is 4.66. The Bertz CT molecular complexity index is 745. The summed E-state index contributed by atoms with van der Waals surface area (Å²) in [5.41, 5.74) is 3.21. The van der Waals surface area contributed by atoms with E-state index in [0.29, 0.717) is 0 Å². The first-order chi connectivity index (χ1) is 11.7. The Hall–Kier alpha value is -3.15. The van der Waals surface area contributed by atoms with E-state index in [1.807, 2.05) is 24.3 Å². The molecule has 0 spiro atoms. The number of ether oxygens (including phenoxy) is 2. The number of nitrogens with zero attached hydrogens (tertiary/aromatic N) is 1. The van der Waals surface area contributed by atoms with E-state index in [-0.39, 0.29) is 12.4 Å². The number of amides is 1. The van der Waals surface area contributed by atoms with Crippen molar-refractivity contribution in [2.45, 2.75) is 0 Å². The number of carbonyl (C=O) groups is 1. The smallest absolute Gasteiger partial charge is 0.277 e. The molecule has 5 nitrogen and oxygen atoms in total. The predicted molar refractivity (Wildman–Crippen MR) is 90.6 cm³/mol. The van der Waals surface area contributed by atoms with Crippen molar-refractivity contribution in [1.82, 2.24) is 5.43 Å². The fourth-order valence-corrected chi connectivity index (χ4v) is 1.84. The first kappa shape index (κ1) is 17.2. The third kappa shape index (κ3) is 5.57. The maximum Gasteiger partial charge on any atom is 0.277 e. The average molecular weight is 328 g/mol. The molecule has 0 radical (unpaired) electrons. The van der Waals surface area contributed by atoms with E-state index in [4.69, 9.17) is 9.47 Å². The highest BCUT2D eigenvalue weighted by Gasteiger charge is 2.01. The number of hydrogen-bond donors (Lipinski definition) is 1. The normalized spacial score (nSPS) is 10.9. The molecule has 0 atom stereocenters. The Morgan fingerprint density at radius 2 is 2.08 bits per heavy atom. The summed E-state index contributed by atoms with van der Waals surface area (Å²) in [5.74, 6) is 0.161. The van der Waals surface area contributed by atoms with Gasteiger partial charge in [0, 0.05) is 17.8 Å². The zero-order valence-electron chi connectivity index (χ0n) is 13.1. The Balaban J connectivity index is 1.77. The molecule has 24 heavy (non-hydrogen) atoms. The van der Waals surface area contributed by atoms with Gasteiger partial charge >= 0.3 is 0 Å². The van der Waals surface area contributed by atoms with Crippen molar-refractivity contribution < 1.29 is 18.7 Å². The number of carbonyl (C=O) groups excluding carboxylic acids is 1. The van der Waals surface area contributed by atoms with Gasteiger partial charge in [-0.15, -0.1) is 0 Å². The molecule has 124 valence electrons. The molecule has 1 amide bonds. The molecule has 0 saturated heterocycles. The van der Waals surface area contributed by atoms with Crippen LogP contribution in [-0.2, 0) is 4.79 Å². The third-order valence-electron chi connectivity index (χ3n) is 2.93. The maximum atomic E-state index is 13.0. The molecule has 0 heterocycles. The molecule has 2 aromatic carbocycles. The van der Waals surface area contributed by atoms with Crippen LogP contribution in [0.5, 0.6) is 11.5 Å². The molecule has 0 aliphatic rings. The number of hydrogen-bond acceptors (Lipinski definition) is 4. The minimum atomic E-state index is -0.443. The Labute approximate surface area is 139 Å². The summed E-state index contributed by atoms with van der Waals surface area (Å²) in [5, 5.41) is 3.77. The van der Waals surface area contributed by atoms with Crippen molar-refractivity contribution in [2.75, 3.05) is 13.7 Å². The minimum Gasteiger partial charge on any atom is -0.496 e. The lowest BCUT2D eigenvalue weighted by Crippen LogP contribution is -2.24. The van der Waals surface area contributed by atoms with Crippen molar-refractivity contribution in [2.24, 2.45) is 5.10 Å². The van der Waals surface area contributed by atoms with Crippen LogP contribution in [0.4, 0.5) is 4.39 Å². The number of hydrazone groups is 1. The zero-order valence-corrected chi connectivity index (χ0v) is 13.1. The van der Waals surface area contributed by atoms with Crippen molar-refractivity contribution in [3.05, 3.63) is 66.0 Å². The summed E-state index contributed by atoms with van der Waals surface area (Å²) in [6.45, 7) is -0.253. The Morgan fingerprint density at radius 1 is 1.25 bits per heavy atom.